The van der Waals surface area contributed by atoms with Gasteiger partial charge in [0.2, 0.25) is 0 Å². The van der Waals surface area contributed by atoms with Gasteiger partial charge >= 0.3 is 0 Å². The average Bonchev–Trinajstić information content (AvgIpc) is 3.47. The summed E-state index contributed by atoms with van der Waals surface area (Å²) in [4.78, 5) is 2.27. The van der Waals surface area contributed by atoms with E-state index >= 15 is 0 Å². The SMILES string of the molecule is CC/C(=C\c1ccccc1)[C@@H]1C[C@H]1NC1CC2(CCN(C(CO)CO)CC2)C1. The summed E-state index contributed by atoms with van der Waals surface area (Å²) >= 11 is 0. The summed E-state index contributed by atoms with van der Waals surface area (Å²) in [6.45, 7) is 4.44. The molecule has 1 aromatic carbocycles. The molecule has 0 amide bonds. The summed E-state index contributed by atoms with van der Waals surface area (Å²) in [5, 5.41) is 22.7. The zero-order chi connectivity index (χ0) is 19.6. The van der Waals surface area contributed by atoms with Crippen LogP contribution in [0.1, 0.15) is 51.0 Å². The van der Waals surface area contributed by atoms with Crippen LogP contribution in [0.2, 0.25) is 0 Å². The van der Waals surface area contributed by atoms with E-state index in [4.69, 9.17) is 0 Å². The molecule has 1 heterocycles. The van der Waals surface area contributed by atoms with Crippen LogP contribution >= 0.6 is 0 Å². The van der Waals surface area contributed by atoms with Crippen LogP contribution in [0, 0.1) is 11.3 Å². The molecule has 2 saturated carbocycles. The van der Waals surface area contributed by atoms with Crippen molar-refractivity contribution in [3.05, 3.63) is 41.5 Å². The summed E-state index contributed by atoms with van der Waals surface area (Å²) in [5.41, 5.74) is 3.43. The monoisotopic (exact) mass is 384 g/mol. The van der Waals surface area contributed by atoms with Crippen molar-refractivity contribution in [2.75, 3.05) is 26.3 Å². The van der Waals surface area contributed by atoms with Crippen molar-refractivity contribution < 1.29 is 10.2 Å². The minimum Gasteiger partial charge on any atom is -0.395 e. The molecule has 3 N–H and O–H groups in total. The van der Waals surface area contributed by atoms with E-state index in [1.807, 2.05) is 0 Å². The Kier molecular flexibility index (Phi) is 6.21. The number of benzene rings is 1. The highest BCUT2D eigenvalue weighted by Gasteiger charge is 2.49. The van der Waals surface area contributed by atoms with Crippen molar-refractivity contribution in [1.29, 1.82) is 0 Å². The van der Waals surface area contributed by atoms with Crippen molar-refractivity contribution in [2.45, 2.75) is 63.6 Å². The Labute approximate surface area is 169 Å². The van der Waals surface area contributed by atoms with Crippen LogP contribution in [0.25, 0.3) is 6.08 Å². The second-order valence-electron chi connectivity index (χ2n) is 9.26. The largest absolute Gasteiger partial charge is 0.395 e. The Balaban J connectivity index is 1.23. The Bertz CT molecular complexity index is 654. The van der Waals surface area contributed by atoms with E-state index in [1.165, 1.54) is 37.7 Å². The number of nitrogens with one attached hydrogen (secondary N) is 1. The van der Waals surface area contributed by atoms with Crippen LogP contribution in [0.3, 0.4) is 0 Å². The van der Waals surface area contributed by atoms with Crippen LogP contribution in [0.15, 0.2) is 35.9 Å². The first kappa shape index (κ1) is 20.1. The van der Waals surface area contributed by atoms with Crippen LogP contribution in [-0.2, 0) is 0 Å². The highest BCUT2D eigenvalue weighted by atomic mass is 16.3. The third-order valence-corrected chi connectivity index (χ3v) is 7.43. The van der Waals surface area contributed by atoms with Crippen molar-refractivity contribution in [3.8, 4) is 0 Å². The summed E-state index contributed by atoms with van der Waals surface area (Å²) in [5.74, 6) is 0.721. The van der Waals surface area contributed by atoms with Gasteiger partial charge in [-0.3, -0.25) is 4.90 Å². The maximum atomic E-state index is 9.39. The maximum Gasteiger partial charge on any atom is 0.0609 e. The normalized spacial score (nSPS) is 27.9. The van der Waals surface area contributed by atoms with Crippen LogP contribution in [-0.4, -0.2) is 59.5 Å². The van der Waals surface area contributed by atoms with Gasteiger partial charge in [-0.25, -0.2) is 0 Å². The molecular weight excluding hydrogens is 348 g/mol. The van der Waals surface area contributed by atoms with Gasteiger partial charge in [-0.15, -0.1) is 0 Å². The summed E-state index contributed by atoms with van der Waals surface area (Å²) in [6.07, 6.45) is 9.85. The molecule has 1 aromatic rings. The Morgan fingerprint density at radius 2 is 1.86 bits per heavy atom. The molecule has 4 heteroatoms. The van der Waals surface area contributed by atoms with Gasteiger partial charge in [0, 0.05) is 12.1 Å². The van der Waals surface area contributed by atoms with Gasteiger partial charge in [-0.05, 0) is 68.5 Å². The predicted octanol–water partition coefficient (Wildman–Crippen LogP) is 3.06. The maximum absolute atomic E-state index is 9.39. The molecule has 2 aliphatic carbocycles. The molecule has 0 aromatic heterocycles. The standard InChI is InChI=1S/C24H36N2O2/c1-2-19(12-18-6-4-3-5-7-18)22-13-23(22)25-20-14-24(15-20)8-10-26(11-9-24)21(16-27)17-28/h3-7,12,20-23,25,27-28H,2,8-11,13-17H2,1H3/b19-12+/t22-,23+/m0/s1. The van der Waals surface area contributed by atoms with E-state index in [1.54, 1.807) is 5.57 Å². The highest BCUT2D eigenvalue weighted by Crippen LogP contribution is 2.51. The summed E-state index contributed by atoms with van der Waals surface area (Å²) < 4.78 is 0. The molecule has 4 nitrogen and oxygen atoms in total. The predicted molar refractivity (Wildman–Crippen MR) is 114 cm³/mol. The molecule has 1 aliphatic heterocycles. The first-order chi connectivity index (χ1) is 13.7. The number of hydrogen-bond acceptors (Lipinski definition) is 4. The lowest BCUT2D eigenvalue weighted by Gasteiger charge is -2.53. The van der Waals surface area contributed by atoms with Crippen LogP contribution in [0.4, 0.5) is 0 Å². The number of rotatable bonds is 8. The number of aliphatic hydroxyl groups excluding tert-OH is 2. The molecule has 28 heavy (non-hydrogen) atoms. The lowest BCUT2D eigenvalue weighted by molar-refractivity contribution is -0.0259. The molecular formula is C24H36N2O2. The zero-order valence-corrected chi connectivity index (χ0v) is 17.2. The number of likely N-dealkylation sites (tertiary alicyclic amines) is 1. The second kappa shape index (κ2) is 8.66. The van der Waals surface area contributed by atoms with E-state index in [2.05, 4.69) is 53.5 Å². The van der Waals surface area contributed by atoms with E-state index < -0.39 is 0 Å². The van der Waals surface area contributed by atoms with E-state index in [-0.39, 0.29) is 19.3 Å². The van der Waals surface area contributed by atoms with Gasteiger partial charge in [-0.1, -0.05) is 48.9 Å². The van der Waals surface area contributed by atoms with E-state index in [9.17, 15) is 10.2 Å². The lowest BCUT2D eigenvalue weighted by atomic mass is 9.60. The zero-order valence-electron chi connectivity index (χ0n) is 17.2. The van der Waals surface area contributed by atoms with Crippen LogP contribution in [0.5, 0.6) is 0 Å². The summed E-state index contributed by atoms with van der Waals surface area (Å²) in [6, 6.07) is 12.0. The number of piperidine rings is 1. The quantitative estimate of drug-likeness (QED) is 0.645. The smallest absolute Gasteiger partial charge is 0.0609 e. The molecule has 0 radical (unpaired) electrons. The number of nitrogens with zero attached hydrogens (tertiary/aromatic N) is 1. The first-order valence-corrected chi connectivity index (χ1v) is 11.1. The fraction of sp³-hybridized carbons (Fsp3) is 0.667. The molecule has 0 unspecified atom stereocenters. The molecule has 154 valence electrons. The van der Waals surface area contributed by atoms with Gasteiger partial charge in [-0.2, -0.15) is 0 Å². The van der Waals surface area contributed by atoms with Crippen molar-refractivity contribution in [1.82, 2.24) is 10.2 Å². The van der Waals surface area contributed by atoms with Crippen molar-refractivity contribution in [2.24, 2.45) is 11.3 Å². The fourth-order valence-electron chi connectivity index (χ4n) is 5.49. The van der Waals surface area contributed by atoms with Crippen molar-refractivity contribution >= 4 is 6.08 Å². The van der Waals surface area contributed by atoms with Crippen molar-refractivity contribution in [3.63, 3.8) is 0 Å². The van der Waals surface area contributed by atoms with Crippen LogP contribution < -0.4 is 5.32 Å². The molecule has 3 aliphatic rings. The third-order valence-electron chi connectivity index (χ3n) is 7.43. The Hall–Kier alpha value is -1.20. The Morgan fingerprint density at radius 3 is 2.46 bits per heavy atom. The summed E-state index contributed by atoms with van der Waals surface area (Å²) in [7, 11) is 0. The first-order valence-electron chi connectivity index (χ1n) is 11.1. The molecule has 1 saturated heterocycles. The Morgan fingerprint density at radius 1 is 1.18 bits per heavy atom. The van der Waals surface area contributed by atoms with Gasteiger partial charge in [0.05, 0.1) is 19.3 Å². The third kappa shape index (κ3) is 4.35. The highest BCUT2D eigenvalue weighted by molar-refractivity contribution is 5.54. The average molecular weight is 385 g/mol. The molecule has 0 bridgehead atoms. The minimum atomic E-state index is -0.0672. The number of aliphatic hydroxyl groups is 2. The van der Waals surface area contributed by atoms with Gasteiger partial charge in [0.25, 0.3) is 0 Å². The van der Waals surface area contributed by atoms with Gasteiger partial charge in [0.15, 0.2) is 0 Å². The lowest BCUT2D eigenvalue weighted by Crippen LogP contribution is -2.56. The molecule has 1 spiro atoms. The molecule has 2 atom stereocenters. The molecule has 4 rings (SSSR count). The second-order valence-corrected chi connectivity index (χ2v) is 9.26. The van der Waals surface area contributed by atoms with Gasteiger partial charge < -0.3 is 15.5 Å². The van der Waals surface area contributed by atoms with E-state index in [0.717, 1.165) is 25.4 Å². The van der Waals surface area contributed by atoms with Gasteiger partial charge in [0.1, 0.15) is 0 Å². The minimum absolute atomic E-state index is 0.0625. The fourth-order valence-corrected chi connectivity index (χ4v) is 5.49. The number of hydrogen-bond donors (Lipinski definition) is 3. The van der Waals surface area contributed by atoms with E-state index in [0.29, 0.717) is 17.5 Å². The molecule has 3 fully saturated rings. The topological polar surface area (TPSA) is 55.7 Å².